The minimum absolute atomic E-state index is 0.171. The molecule has 28 heavy (non-hydrogen) atoms. The van der Waals surface area contributed by atoms with Gasteiger partial charge in [0.25, 0.3) is 5.91 Å². The number of carbonyl (C=O) groups excluding carboxylic acids is 1. The summed E-state index contributed by atoms with van der Waals surface area (Å²) in [4.78, 5) is 27.2. The summed E-state index contributed by atoms with van der Waals surface area (Å²) in [7, 11) is 0. The van der Waals surface area contributed by atoms with E-state index in [9.17, 15) is 4.79 Å². The van der Waals surface area contributed by atoms with Crippen molar-refractivity contribution in [2.24, 2.45) is 0 Å². The molecular weight excluding hydrogens is 356 g/mol. The zero-order valence-corrected chi connectivity index (χ0v) is 15.2. The first kappa shape index (κ1) is 16.5. The number of hydrogen-bond donors (Lipinski definition) is 2. The Morgan fingerprint density at radius 3 is 2.96 bits per heavy atom. The van der Waals surface area contributed by atoms with Crippen molar-refractivity contribution in [1.82, 2.24) is 30.0 Å². The standard InChI is InChI=1S/C20H18N6O2/c1-12-5-6-17(28-12)15-10-16(25-24-15)20(27)26-9-7-13-18(23-11-22-13)19(26)14-4-2-3-8-21-14/h2-6,8,10-11,19H,7,9H2,1H3,(H,22,23)(H,24,25)/t19-/m1/s1. The van der Waals surface area contributed by atoms with Crippen LogP contribution in [0.15, 0.2) is 53.3 Å². The fourth-order valence-electron chi connectivity index (χ4n) is 3.62. The van der Waals surface area contributed by atoms with Gasteiger partial charge in [-0.2, -0.15) is 5.10 Å². The fraction of sp³-hybridized carbons (Fsp3) is 0.200. The molecule has 8 heteroatoms. The molecular formula is C20H18N6O2. The number of pyridine rings is 1. The molecule has 4 aromatic heterocycles. The third-order valence-corrected chi connectivity index (χ3v) is 4.96. The molecule has 1 aliphatic heterocycles. The van der Waals surface area contributed by atoms with Gasteiger partial charge in [0.15, 0.2) is 11.5 Å². The van der Waals surface area contributed by atoms with Crippen molar-refractivity contribution < 1.29 is 9.21 Å². The van der Waals surface area contributed by atoms with Gasteiger partial charge in [-0.1, -0.05) is 6.07 Å². The normalized spacial score (nSPS) is 16.2. The van der Waals surface area contributed by atoms with Crippen LogP contribution in [0.25, 0.3) is 11.5 Å². The number of nitrogens with one attached hydrogen (secondary N) is 2. The molecule has 140 valence electrons. The molecule has 1 amide bonds. The SMILES string of the molecule is Cc1ccc(-c2cc(C(=O)N3CCc4[nH]cnc4[C@H]3c3ccccn3)n[nH]2)o1. The van der Waals surface area contributed by atoms with E-state index in [-0.39, 0.29) is 11.9 Å². The van der Waals surface area contributed by atoms with Gasteiger partial charge in [0, 0.05) is 30.9 Å². The molecule has 1 atom stereocenters. The van der Waals surface area contributed by atoms with Gasteiger partial charge in [-0.05, 0) is 31.2 Å². The van der Waals surface area contributed by atoms with Gasteiger partial charge < -0.3 is 14.3 Å². The van der Waals surface area contributed by atoms with Gasteiger partial charge in [0.05, 0.1) is 17.7 Å². The zero-order valence-electron chi connectivity index (χ0n) is 15.2. The van der Waals surface area contributed by atoms with E-state index in [0.717, 1.165) is 22.8 Å². The lowest BCUT2D eigenvalue weighted by molar-refractivity contribution is 0.0681. The van der Waals surface area contributed by atoms with E-state index in [1.807, 2.05) is 37.3 Å². The minimum Gasteiger partial charge on any atom is -0.460 e. The number of H-pyrrole nitrogens is 2. The van der Waals surface area contributed by atoms with Crippen molar-refractivity contribution in [3.05, 3.63) is 77.5 Å². The fourth-order valence-corrected chi connectivity index (χ4v) is 3.62. The molecule has 0 spiro atoms. The predicted octanol–water partition coefficient (Wildman–Crippen LogP) is 2.88. The van der Waals surface area contributed by atoms with E-state index in [1.54, 1.807) is 23.5 Å². The molecule has 0 unspecified atom stereocenters. The number of rotatable bonds is 3. The first-order chi connectivity index (χ1) is 13.7. The lowest BCUT2D eigenvalue weighted by Gasteiger charge is -2.34. The highest BCUT2D eigenvalue weighted by atomic mass is 16.3. The molecule has 0 saturated carbocycles. The van der Waals surface area contributed by atoms with Crippen molar-refractivity contribution in [3.63, 3.8) is 0 Å². The lowest BCUT2D eigenvalue weighted by Crippen LogP contribution is -2.41. The van der Waals surface area contributed by atoms with Crippen LogP contribution >= 0.6 is 0 Å². The lowest BCUT2D eigenvalue weighted by atomic mass is 9.99. The van der Waals surface area contributed by atoms with Crippen LogP contribution in [0.2, 0.25) is 0 Å². The number of furan rings is 1. The molecule has 0 aliphatic carbocycles. The Morgan fingerprint density at radius 2 is 2.18 bits per heavy atom. The predicted molar refractivity (Wildman–Crippen MR) is 100 cm³/mol. The van der Waals surface area contributed by atoms with Crippen molar-refractivity contribution in [1.29, 1.82) is 0 Å². The summed E-state index contributed by atoms with van der Waals surface area (Å²) in [6.07, 6.45) is 4.10. The first-order valence-electron chi connectivity index (χ1n) is 9.07. The van der Waals surface area contributed by atoms with E-state index < -0.39 is 0 Å². The summed E-state index contributed by atoms with van der Waals surface area (Å²) in [5.41, 5.74) is 3.65. The van der Waals surface area contributed by atoms with Crippen LogP contribution < -0.4 is 0 Å². The largest absolute Gasteiger partial charge is 0.460 e. The summed E-state index contributed by atoms with van der Waals surface area (Å²) in [6.45, 7) is 2.43. The topological polar surface area (TPSA) is 104 Å². The highest BCUT2D eigenvalue weighted by Gasteiger charge is 2.36. The third-order valence-electron chi connectivity index (χ3n) is 4.96. The van der Waals surface area contributed by atoms with E-state index in [4.69, 9.17) is 4.42 Å². The van der Waals surface area contributed by atoms with Gasteiger partial charge in [-0.3, -0.25) is 14.9 Å². The number of aryl methyl sites for hydroxylation is 1. The number of fused-ring (bicyclic) bond motifs is 1. The van der Waals surface area contributed by atoms with Crippen LogP contribution in [0.5, 0.6) is 0 Å². The molecule has 0 radical (unpaired) electrons. The Morgan fingerprint density at radius 1 is 1.25 bits per heavy atom. The maximum absolute atomic E-state index is 13.3. The second-order valence-electron chi connectivity index (χ2n) is 6.75. The van der Waals surface area contributed by atoms with Gasteiger partial charge in [0.1, 0.15) is 17.5 Å². The van der Waals surface area contributed by atoms with Crippen molar-refractivity contribution >= 4 is 5.91 Å². The van der Waals surface area contributed by atoms with Crippen molar-refractivity contribution in [3.8, 4) is 11.5 Å². The summed E-state index contributed by atoms with van der Waals surface area (Å²) >= 11 is 0. The molecule has 0 bridgehead atoms. The second-order valence-corrected chi connectivity index (χ2v) is 6.75. The van der Waals surface area contributed by atoms with Crippen LogP contribution in [0.4, 0.5) is 0 Å². The van der Waals surface area contributed by atoms with E-state index in [2.05, 4.69) is 25.1 Å². The Bertz CT molecular complexity index is 1130. The monoisotopic (exact) mass is 374 g/mol. The Hall–Kier alpha value is -3.68. The number of aromatic amines is 2. The molecule has 0 aromatic carbocycles. The quantitative estimate of drug-likeness (QED) is 0.574. The van der Waals surface area contributed by atoms with Crippen LogP contribution in [0.3, 0.4) is 0 Å². The van der Waals surface area contributed by atoms with Crippen molar-refractivity contribution in [2.75, 3.05) is 6.54 Å². The highest BCUT2D eigenvalue weighted by Crippen LogP contribution is 2.33. The second kappa shape index (κ2) is 6.49. The Kier molecular flexibility index (Phi) is 3.82. The molecule has 5 heterocycles. The number of imidazole rings is 1. The maximum Gasteiger partial charge on any atom is 0.275 e. The molecule has 0 fully saturated rings. The molecule has 5 rings (SSSR count). The highest BCUT2D eigenvalue weighted by molar-refractivity contribution is 5.94. The van der Waals surface area contributed by atoms with Crippen LogP contribution in [0.1, 0.15) is 39.4 Å². The Labute approximate surface area is 160 Å². The maximum atomic E-state index is 13.3. The average Bonchev–Trinajstić information content (AvgIpc) is 3.47. The van der Waals surface area contributed by atoms with Gasteiger partial charge in [-0.15, -0.1) is 0 Å². The number of amides is 1. The third kappa shape index (κ3) is 2.70. The molecule has 2 N–H and O–H groups in total. The summed E-state index contributed by atoms with van der Waals surface area (Å²) in [5, 5.41) is 7.12. The molecule has 0 saturated heterocycles. The first-order valence-corrected chi connectivity index (χ1v) is 9.07. The van der Waals surface area contributed by atoms with Gasteiger partial charge >= 0.3 is 0 Å². The summed E-state index contributed by atoms with van der Waals surface area (Å²) < 4.78 is 5.61. The van der Waals surface area contributed by atoms with E-state index in [1.165, 1.54) is 0 Å². The summed E-state index contributed by atoms with van der Waals surface area (Å²) in [5.74, 6) is 1.28. The zero-order chi connectivity index (χ0) is 19.1. The van der Waals surface area contributed by atoms with Crippen LogP contribution in [0, 0.1) is 6.92 Å². The average molecular weight is 374 g/mol. The van der Waals surface area contributed by atoms with E-state index in [0.29, 0.717) is 30.1 Å². The van der Waals surface area contributed by atoms with E-state index >= 15 is 0 Å². The number of aromatic nitrogens is 5. The van der Waals surface area contributed by atoms with Crippen molar-refractivity contribution in [2.45, 2.75) is 19.4 Å². The Balaban J connectivity index is 1.51. The number of carbonyl (C=O) groups is 1. The van der Waals surface area contributed by atoms with Gasteiger partial charge in [-0.25, -0.2) is 4.98 Å². The molecule has 8 nitrogen and oxygen atoms in total. The minimum atomic E-state index is -0.352. The molecule has 4 aromatic rings. The van der Waals surface area contributed by atoms with Gasteiger partial charge in [0.2, 0.25) is 0 Å². The van der Waals surface area contributed by atoms with Crippen LogP contribution in [-0.4, -0.2) is 42.5 Å². The number of hydrogen-bond acceptors (Lipinski definition) is 5. The smallest absolute Gasteiger partial charge is 0.275 e. The molecule has 1 aliphatic rings. The summed E-state index contributed by atoms with van der Waals surface area (Å²) in [6, 6.07) is 10.8. The van der Waals surface area contributed by atoms with Crippen LogP contribution in [-0.2, 0) is 6.42 Å². The number of nitrogens with zero attached hydrogens (tertiary/aromatic N) is 4.